The van der Waals surface area contributed by atoms with E-state index in [4.69, 9.17) is 0 Å². The van der Waals surface area contributed by atoms with E-state index in [2.05, 4.69) is 102 Å². The van der Waals surface area contributed by atoms with Gasteiger partial charge in [0.05, 0.1) is 0 Å². The molecular weight excluding hydrogens is 1440 g/mol. The minimum Gasteiger partial charge on any atom is -0.668 e. The summed E-state index contributed by atoms with van der Waals surface area (Å²) in [4.78, 5) is 0. The molecule has 0 aromatic carbocycles. The third kappa shape index (κ3) is 90.3. The van der Waals surface area contributed by atoms with E-state index in [0.717, 1.165) is 79.4 Å². The maximum absolute atomic E-state index is 4.33. The Morgan fingerprint density at radius 2 is 0.512 bits per heavy atom. The summed E-state index contributed by atoms with van der Waals surface area (Å²) in [6, 6.07) is 0.568. The Morgan fingerprint density at radius 1 is 0.329 bits per heavy atom. The summed E-state index contributed by atoms with van der Waals surface area (Å²) >= 11 is 0. The van der Waals surface area contributed by atoms with Gasteiger partial charge in [0.2, 0.25) is 0 Å². The predicted octanol–water partition coefficient (Wildman–Crippen LogP) is 22.4. The predicted molar refractivity (Wildman–Crippen MR) is 376 cm³/mol. The van der Waals surface area contributed by atoms with Crippen LogP contribution in [-0.2, 0) is 126 Å². The quantitative estimate of drug-likeness (QED) is 0.114. The van der Waals surface area contributed by atoms with Gasteiger partial charge in [0.1, 0.15) is 0 Å². The van der Waals surface area contributed by atoms with E-state index in [1.807, 2.05) is 35.2 Å². The van der Waals surface area contributed by atoms with Crippen LogP contribution in [0.4, 0.5) is 0 Å². The second-order valence-corrected chi connectivity index (χ2v) is 21.1. The molecule has 5 aliphatic rings. The molecule has 0 aromatic rings. The van der Waals surface area contributed by atoms with Crippen molar-refractivity contribution in [2.45, 2.75) is 183 Å². The third-order valence-corrected chi connectivity index (χ3v) is 14.4. The van der Waals surface area contributed by atoms with E-state index < -0.39 is 0 Å². The van der Waals surface area contributed by atoms with Gasteiger partial charge in [-0.1, -0.05) is 193 Å². The molecule has 492 valence electrons. The molecule has 5 rings (SSSR count). The maximum atomic E-state index is 4.33. The molecule has 0 aliphatic heterocycles. The average molecular weight is 1600 g/mol. The van der Waals surface area contributed by atoms with Crippen molar-refractivity contribution in [3.63, 3.8) is 0 Å². The van der Waals surface area contributed by atoms with Gasteiger partial charge in [-0.05, 0) is 42.4 Å². The van der Waals surface area contributed by atoms with Crippen molar-refractivity contribution >= 4 is 0 Å². The Balaban J connectivity index is -0.0000000294. The van der Waals surface area contributed by atoms with Crippen molar-refractivity contribution < 1.29 is 126 Å². The van der Waals surface area contributed by atoms with Crippen LogP contribution in [-0.4, -0.2) is 138 Å². The molecule has 0 aromatic heterocycles. The SMILES string of the molecule is C[N-]C.C[N-]C.C[N-]C.C[N-]C.C[N-]C.C[N-]C(C)C(C)C1CCCC1.C[N-]CC(C)(C)C1CCCC1.C[N-]CC(C)C1CCCC1.C[N-]CC(C)C1CCCC1.C[N-]CC(C)C1CCCC1.[CH3-].[CH3-].[CH3-].[CH3-].[CH3-].[CH3-].[CH3-].[CH3-].[CH3-].[CH3-].[Hf+4].[Ti+4].[Zr+4].[Zr+4].[Zr+4]. The van der Waals surface area contributed by atoms with E-state index in [1.165, 1.54) is 128 Å². The number of hydrogen-bond donors (Lipinski definition) is 0. The fraction of sp³-hybridized carbons (Fsp3) is 0.851. The Morgan fingerprint density at radius 3 is 0.683 bits per heavy atom. The molecule has 5 saturated carbocycles. The van der Waals surface area contributed by atoms with Crippen LogP contribution in [0.15, 0.2) is 0 Å². The summed E-state index contributed by atoms with van der Waals surface area (Å²) < 4.78 is 0. The van der Waals surface area contributed by atoms with Crippen LogP contribution in [0.3, 0.4) is 0 Å². The summed E-state index contributed by atoms with van der Waals surface area (Å²) in [6.07, 6.45) is 29.0. The number of rotatable bonds is 15. The topological polar surface area (TPSA) is 141 Å². The van der Waals surface area contributed by atoms with Gasteiger partial charge in [-0.2, -0.15) is 106 Å². The van der Waals surface area contributed by atoms with Crippen molar-refractivity contribution in [1.82, 2.24) is 0 Å². The molecule has 5 fully saturated rings. The smallest absolute Gasteiger partial charge is 0.668 e. The largest absolute Gasteiger partial charge is 4.00 e. The van der Waals surface area contributed by atoms with Gasteiger partial charge in [-0.15, -0.1) is 32.2 Å². The van der Waals surface area contributed by atoms with Gasteiger partial charge in [0.25, 0.3) is 0 Å². The standard InChI is InChI=1S/2C10H20N.3C9H18N.5C2H6N.10CH3.Hf.Ti.3Zr/c1-10(2,8-11-3)9-6-4-5-7-9;1-8(9(2)11-3)10-6-4-5-7-10;3*1-8(7-10-2)9-5-3-4-6-9;5*1-3-2;;;;;;;;;;;;;;;/h9H,4-8H2,1-3H3;8-10H,4-7H2,1-3H3;3*8-9H,3-7H2,1-2H3;5*1-2H3;10*1H3;;;;;/q20*-1;5*+4. The van der Waals surface area contributed by atoms with Crippen molar-refractivity contribution in [3.05, 3.63) is 127 Å². The first-order valence-electron chi connectivity index (χ1n) is 27.2. The van der Waals surface area contributed by atoms with Gasteiger partial charge in [0, 0.05) is 0 Å². The zero-order valence-electron chi connectivity index (χ0n) is 62.2. The van der Waals surface area contributed by atoms with Crippen LogP contribution in [0.2, 0.25) is 0 Å². The molecule has 0 amide bonds. The van der Waals surface area contributed by atoms with Gasteiger partial charge in [-0.3, -0.25) is 0 Å². The van der Waals surface area contributed by atoms with Crippen molar-refractivity contribution in [2.24, 2.45) is 58.7 Å². The second-order valence-electron chi connectivity index (χ2n) is 21.1. The van der Waals surface area contributed by atoms with Crippen molar-refractivity contribution in [2.75, 3.05) is 132 Å². The van der Waals surface area contributed by atoms with Crippen LogP contribution in [0.1, 0.15) is 177 Å². The van der Waals surface area contributed by atoms with E-state index in [9.17, 15) is 0 Å². The monoisotopic (exact) mass is 1600 g/mol. The fourth-order valence-electron chi connectivity index (χ4n) is 10.2. The Hall–Kier alpha value is 3.83. The van der Waals surface area contributed by atoms with E-state index >= 15 is 0 Å². The molecule has 5 unspecified atom stereocenters. The van der Waals surface area contributed by atoms with E-state index in [1.54, 1.807) is 70.5 Å². The van der Waals surface area contributed by atoms with E-state index in [-0.39, 0.29) is 200 Å². The molecule has 5 atom stereocenters. The Kier molecular flexibility index (Phi) is 190. The summed E-state index contributed by atoms with van der Waals surface area (Å²) in [6.45, 7) is 20.6. The van der Waals surface area contributed by atoms with E-state index in [0.29, 0.717) is 11.5 Å². The van der Waals surface area contributed by atoms with Gasteiger partial charge in [-0.25, -0.2) is 0 Å². The Bertz CT molecular complexity index is 832. The minimum absolute atomic E-state index is 0. The molecule has 10 nitrogen and oxygen atoms in total. The van der Waals surface area contributed by atoms with Crippen LogP contribution in [0.25, 0.3) is 53.2 Å². The summed E-state index contributed by atoms with van der Waals surface area (Å²) in [5.74, 6) is 8.20. The van der Waals surface area contributed by atoms with Crippen molar-refractivity contribution in [3.8, 4) is 0 Å². The molecule has 0 saturated heterocycles. The average Bonchev–Trinajstić information content (AvgIpc) is 4.16. The zero-order chi connectivity index (χ0) is 52.3. The molecule has 15 heteroatoms. The van der Waals surface area contributed by atoms with Gasteiger partial charge >= 0.3 is 126 Å². The van der Waals surface area contributed by atoms with Gasteiger partial charge in [0.15, 0.2) is 0 Å². The minimum atomic E-state index is 0. The molecule has 0 bridgehead atoms. The molecule has 0 heterocycles. The van der Waals surface area contributed by atoms with Crippen LogP contribution in [0, 0.1) is 133 Å². The first-order chi connectivity index (χ1) is 32.0. The van der Waals surface area contributed by atoms with Crippen molar-refractivity contribution in [1.29, 1.82) is 0 Å². The first kappa shape index (κ1) is 143. The van der Waals surface area contributed by atoms with Crippen LogP contribution in [0.5, 0.6) is 0 Å². The summed E-state index contributed by atoms with van der Waals surface area (Å²) in [5, 5.41) is 38.6. The summed E-state index contributed by atoms with van der Waals surface area (Å²) in [7, 11) is 27.1. The van der Waals surface area contributed by atoms with Crippen LogP contribution >= 0.6 is 0 Å². The molecule has 5 aliphatic carbocycles. The maximum Gasteiger partial charge on any atom is 4.00 e. The van der Waals surface area contributed by atoms with Gasteiger partial charge < -0.3 is 127 Å². The zero-order valence-corrected chi connectivity index (χ0v) is 74.7. The molecule has 0 radical (unpaired) electrons. The number of hydrogen-bond acceptors (Lipinski definition) is 0. The Labute approximate surface area is 620 Å². The first-order valence-corrected chi connectivity index (χ1v) is 27.2. The molecular formula is C67H154HfN10TiZr3. The normalized spacial score (nSPS) is 15.9. The number of nitrogens with zero attached hydrogens (tertiary/aromatic N) is 10. The second kappa shape index (κ2) is 109. The van der Waals surface area contributed by atoms with Crippen LogP contribution < -0.4 is 0 Å². The molecule has 0 spiro atoms. The molecule has 82 heavy (non-hydrogen) atoms. The third-order valence-electron chi connectivity index (χ3n) is 14.4. The molecule has 0 N–H and O–H groups in total. The summed E-state index contributed by atoms with van der Waals surface area (Å²) in [5.41, 5.74) is 0.464. The fourth-order valence-corrected chi connectivity index (χ4v) is 10.2.